The second-order valence-corrected chi connectivity index (χ2v) is 5.29. The minimum absolute atomic E-state index is 0.230. The average molecular weight is 245 g/mol. The van der Waals surface area contributed by atoms with Crippen LogP contribution >= 0.6 is 0 Å². The van der Waals surface area contributed by atoms with Crippen molar-refractivity contribution in [3.63, 3.8) is 0 Å². The van der Waals surface area contributed by atoms with Gasteiger partial charge in [0.25, 0.3) is 0 Å². The summed E-state index contributed by atoms with van der Waals surface area (Å²) in [5.41, 5.74) is 0.934. The Hall–Kier alpha value is -1.31. The molecule has 98 valence electrons. The molecule has 1 fully saturated rings. The molecule has 18 heavy (non-hydrogen) atoms. The van der Waals surface area contributed by atoms with E-state index in [0.717, 1.165) is 32.1 Å². The Kier molecular flexibility index (Phi) is 4.05. The Morgan fingerprint density at radius 2 is 1.83 bits per heavy atom. The number of nitrogens with one attached hydrogen (secondary N) is 1. The maximum atomic E-state index is 12.6. The van der Waals surface area contributed by atoms with E-state index in [-0.39, 0.29) is 11.3 Å². The van der Waals surface area contributed by atoms with Crippen molar-refractivity contribution in [3.05, 3.63) is 35.9 Å². The number of carbonyl (C=O) groups is 1. The lowest BCUT2D eigenvalue weighted by Crippen LogP contribution is -2.51. The Balaban J connectivity index is 2.15. The van der Waals surface area contributed by atoms with Crippen molar-refractivity contribution in [1.29, 1.82) is 0 Å². The van der Waals surface area contributed by atoms with Crippen LogP contribution in [0.1, 0.15) is 51.5 Å². The van der Waals surface area contributed by atoms with Crippen LogP contribution in [0.15, 0.2) is 30.3 Å². The van der Waals surface area contributed by atoms with Crippen LogP contribution in [-0.4, -0.2) is 11.9 Å². The van der Waals surface area contributed by atoms with E-state index in [0.29, 0.717) is 6.04 Å². The Labute approximate surface area is 110 Å². The van der Waals surface area contributed by atoms with Gasteiger partial charge in [-0.2, -0.15) is 0 Å². The first-order valence-electron chi connectivity index (χ1n) is 7.09. The highest BCUT2D eigenvalue weighted by atomic mass is 16.2. The van der Waals surface area contributed by atoms with Crippen LogP contribution in [0.3, 0.4) is 0 Å². The third kappa shape index (κ3) is 2.29. The van der Waals surface area contributed by atoms with Gasteiger partial charge in [-0.3, -0.25) is 4.79 Å². The summed E-state index contributed by atoms with van der Waals surface area (Å²) in [5.74, 6) is 0.230. The van der Waals surface area contributed by atoms with Crippen LogP contribution < -0.4 is 5.32 Å². The predicted molar refractivity (Wildman–Crippen MR) is 74.5 cm³/mol. The minimum Gasteiger partial charge on any atom is -0.353 e. The van der Waals surface area contributed by atoms with E-state index in [2.05, 4.69) is 31.3 Å². The molecule has 2 nitrogen and oxygen atoms in total. The average Bonchev–Trinajstić information content (AvgIpc) is 2.36. The van der Waals surface area contributed by atoms with Crippen molar-refractivity contribution in [3.8, 4) is 0 Å². The lowest BCUT2D eigenvalue weighted by atomic mass is 9.63. The highest BCUT2D eigenvalue weighted by molar-refractivity contribution is 5.89. The fourth-order valence-corrected chi connectivity index (χ4v) is 2.75. The van der Waals surface area contributed by atoms with Crippen LogP contribution in [0.4, 0.5) is 0 Å². The molecule has 1 aliphatic carbocycles. The molecule has 0 bridgehead atoms. The fraction of sp³-hybridized carbons (Fsp3) is 0.562. The monoisotopic (exact) mass is 245 g/mol. The molecule has 2 heteroatoms. The first kappa shape index (κ1) is 13.1. The summed E-state index contributed by atoms with van der Waals surface area (Å²) in [7, 11) is 0. The van der Waals surface area contributed by atoms with Gasteiger partial charge in [0.05, 0.1) is 5.41 Å². The maximum absolute atomic E-state index is 12.6. The summed E-state index contributed by atoms with van der Waals surface area (Å²) in [5, 5.41) is 3.22. The molecule has 1 saturated carbocycles. The number of amides is 1. The molecule has 0 aliphatic heterocycles. The minimum atomic E-state index is -0.246. The zero-order chi connectivity index (χ0) is 13.0. The van der Waals surface area contributed by atoms with Gasteiger partial charge in [-0.25, -0.2) is 0 Å². The molecule has 1 aromatic rings. The molecule has 0 heterocycles. The molecule has 1 N–H and O–H groups in total. The fourth-order valence-electron chi connectivity index (χ4n) is 2.75. The molecule has 0 saturated heterocycles. The summed E-state index contributed by atoms with van der Waals surface area (Å²) in [6.07, 6.45) is 5.15. The van der Waals surface area contributed by atoms with Crippen LogP contribution in [0.25, 0.3) is 0 Å². The van der Waals surface area contributed by atoms with Gasteiger partial charge in [0.2, 0.25) is 5.91 Å². The number of hydrogen-bond acceptors (Lipinski definition) is 1. The van der Waals surface area contributed by atoms with E-state index >= 15 is 0 Å². The number of hydrogen-bond donors (Lipinski definition) is 1. The maximum Gasteiger partial charge on any atom is 0.230 e. The largest absolute Gasteiger partial charge is 0.353 e. The van der Waals surface area contributed by atoms with Gasteiger partial charge in [0.1, 0.15) is 0 Å². The molecule has 1 amide bonds. The zero-order valence-corrected chi connectivity index (χ0v) is 11.4. The summed E-state index contributed by atoms with van der Waals surface area (Å²) in [6.45, 7) is 4.26. The third-order valence-corrected chi connectivity index (χ3v) is 4.29. The first-order chi connectivity index (χ1) is 8.73. The molecular weight excluding hydrogens is 222 g/mol. The van der Waals surface area contributed by atoms with Gasteiger partial charge in [0.15, 0.2) is 0 Å². The Morgan fingerprint density at radius 3 is 2.28 bits per heavy atom. The van der Waals surface area contributed by atoms with Crippen LogP contribution in [0.2, 0.25) is 0 Å². The summed E-state index contributed by atoms with van der Waals surface area (Å²) >= 11 is 0. The summed E-state index contributed by atoms with van der Waals surface area (Å²) in [4.78, 5) is 12.6. The molecule has 0 spiro atoms. The molecular formula is C16H23NO. The van der Waals surface area contributed by atoms with E-state index in [4.69, 9.17) is 0 Å². The third-order valence-electron chi connectivity index (χ3n) is 4.29. The van der Waals surface area contributed by atoms with E-state index in [1.165, 1.54) is 5.56 Å². The van der Waals surface area contributed by atoms with Crippen molar-refractivity contribution in [2.24, 2.45) is 0 Å². The molecule has 0 aromatic heterocycles. The Morgan fingerprint density at radius 1 is 1.22 bits per heavy atom. The normalized spacial score (nSPS) is 17.3. The second-order valence-electron chi connectivity index (χ2n) is 5.29. The van der Waals surface area contributed by atoms with Gasteiger partial charge in [-0.15, -0.1) is 0 Å². The molecule has 0 atom stereocenters. The lowest BCUT2D eigenvalue weighted by Gasteiger charge is -2.41. The van der Waals surface area contributed by atoms with Gasteiger partial charge < -0.3 is 5.32 Å². The van der Waals surface area contributed by atoms with Crippen molar-refractivity contribution in [1.82, 2.24) is 5.32 Å². The van der Waals surface area contributed by atoms with Crippen LogP contribution in [0.5, 0.6) is 0 Å². The quantitative estimate of drug-likeness (QED) is 0.846. The number of carbonyl (C=O) groups excluding carboxylic acids is 1. The lowest BCUT2D eigenvalue weighted by molar-refractivity contribution is -0.130. The van der Waals surface area contributed by atoms with Gasteiger partial charge >= 0.3 is 0 Å². The smallest absolute Gasteiger partial charge is 0.230 e. The van der Waals surface area contributed by atoms with Crippen molar-refractivity contribution >= 4 is 5.91 Å². The van der Waals surface area contributed by atoms with E-state index < -0.39 is 0 Å². The first-order valence-corrected chi connectivity index (χ1v) is 7.09. The van der Waals surface area contributed by atoms with Crippen molar-refractivity contribution < 1.29 is 4.79 Å². The van der Waals surface area contributed by atoms with Crippen LogP contribution in [-0.2, 0) is 10.2 Å². The van der Waals surface area contributed by atoms with Gasteiger partial charge in [-0.05, 0) is 31.2 Å². The van der Waals surface area contributed by atoms with Gasteiger partial charge in [0, 0.05) is 6.04 Å². The topological polar surface area (TPSA) is 29.1 Å². The molecule has 1 aromatic carbocycles. The number of rotatable bonds is 5. The summed E-state index contributed by atoms with van der Waals surface area (Å²) in [6, 6.07) is 10.6. The van der Waals surface area contributed by atoms with Crippen molar-refractivity contribution in [2.75, 3.05) is 0 Å². The second kappa shape index (κ2) is 5.55. The van der Waals surface area contributed by atoms with Crippen LogP contribution in [0, 0.1) is 0 Å². The standard InChI is InChI=1S/C16H23NO/c1-3-14(4-2)17-15(18)16(11-8-12-16)13-9-6-5-7-10-13/h5-7,9-10,14H,3-4,8,11-12H2,1-2H3,(H,17,18). The SMILES string of the molecule is CCC(CC)NC(=O)C1(c2ccccc2)CCC1. The highest BCUT2D eigenvalue weighted by Crippen LogP contribution is 2.44. The zero-order valence-electron chi connectivity index (χ0n) is 11.4. The van der Waals surface area contributed by atoms with E-state index in [1.54, 1.807) is 0 Å². The van der Waals surface area contributed by atoms with E-state index in [9.17, 15) is 4.79 Å². The molecule has 1 aliphatic rings. The van der Waals surface area contributed by atoms with Gasteiger partial charge in [-0.1, -0.05) is 50.6 Å². The molecule has 0 radical (unpaired) electrons. The van der Waals surface area contributed by atoms with Crippen molar-refractivity contribution in [2.45, 2.75) is 57.4 Å². The number of benzene rings is 1. The van der Waals surface area contributed by atoms with E-state index in [1.807, 2.05) is 18.2 Å². The molecule has 0 unspecified atom stereocenters. The summed E-state index contributed by atoms with van der Waals surface area (Å²) < 4.78 is 0. The Bertz CT molecular complexity index is 391. The molecule has 2 rings (SSSR count). The predicted octanol–water partition coefficient (Wildman–Crippen LogP) is 3.41. The highest BCUT2D eigenvalue weighted by Gasteiger charge is 2.45.